The van der Waals surface area contributed by atoms with E-state index in [1.54, 1.807) is 12.3 Å². The predicted octanol–water partition coefficient (Wildman–Crippen LogP) is 3.61. The zero-order chi connectivity index (χ0) is 13.3. The molecule has 2 rings (SSSR count). The Kier molecular flexibility index (Phi) is 3.69. The third-order valence-electron chi connectivity index (χ3n) is 2.96. The highest BCUT2D eigenvalue weighted by Crippen LogP contribution is 2.28. The Balaban J connectivity index is 2.55. The molecule has 0 atom stereocenters. The molecule has 0 aliphatic carbocycles. The smallest absolute Gasteiger partial charge is 0.263 e. The van der Waals surface area contributed by atoms with Gasteiger partial charge in [0.2, 0.25) is 0 Å². The molecule has 1 heterocycles. The molecule has 98 valence electrons. The van der Waals surface area contributed by atoms with Gasteiger partial charge >= 0.3 is 0 Å². The first kappa shape index (κ1) is 13.4. The molecular formula is C13H16ClNO2S. The second-order valence-electron chi connectivity index (χ2n) is 4.82. The molecule has 0 fully saturated rings. The van der Waals surface area contributed by atoms with Crippen molar-refractivity contribution in [3.63, 3.8) is 0 Å². The minimum Gasteiger partial charge on any atom is -0.346 e. The van der Waals surface area contributed by atoms with Crippen molar-refractivity contribution >= 4 is 30.6 Å². The van der Waals surface area contributed by atoms with Gasteiger partial charge < -0.3 is 4.57 Å². The Morgan fingerprint density at radius 1 is 1.28 bits per heavy atom. The third kappa shape index (κ3) is 2.70. The van der Waals surface area contributed by atoms with Gasteiger partial charge in [-0.05, 0) is 18.4 Å². The highest BCUT2D eigenvalue weighted by Gasteiger charge is 2.18. The van der Waals surface area contributed by atoms with Crippen LogP contribution in [-0.4, -0.2) is 13.0 Å². The van der Waals surface area contributed by atoms with E-state index in [-0.39, 0.29) is 4.90 Å². The van der Waals surface area contributed by atoms with Gasteiger partial charge in [-0.25, -0.2) is 8.42 Å². The van der Waals surface area contributed by atoms with E-state index in [1.165, 1.54) is 0 Å². The molecule has 0 N–H and O–H groups in total. The standard InChI is InChI=1S/C13H16ClNO2S/c1-10(2)7-8-15-9-13(18(14,16)17)11-5-3-4-6-12(11)15/h3-6,9-10H,7-8H2,1-2H3. The van der Waals surface area contributed by atoms with E-state index >= 15 is 0 Å². The Hall–Kier alpha value is -1.00. The largest absolute Gasteiger partial charge is 0.346 e. The number of rotatable bonds is 4. The first-order chi connectivity index (χ1) is 8.39. The molecule has 0 saturated carbocycles. The molecule has 0 bridgehead atoms. The molecule has 1 aromatic carbocycles. The number of benzene rings is 1. The van der Waals surface area contributed by atoms with Gasteiger partial charge in [0.25, 0.3) is 9.05 Å². The van der Waals surface area contributed by atoms with E-state index in [1.807, 2.05) is 22.8 Å². The molecule has 0 aliphatic rings. The van der Waals surface area contributed by atoms with E-state index < -0.39 is 9.05 Å². The molecule has 3 nitrogen and oxygen atoms in total. The van der Waals surface area contributed by atoms with Gasteiger partial charge in [-0.3, -0.25) is 0 Å². The summed E-state index contributed by atoms with van der Waals surface area (Å²) >= 11 is 0. The molecule has 0 amide bonds. The summed E-state index contributed by atoms with van der Waals surface area (Å²) in [5, 5.41) is 0.691. The van der Waals surface area contributed by atoms with Crippen LogP contribution in [0.15, 0.2) is 35.4 Å². The first-order valence-electron chi connectivity index (χ1n) is 5.92. The number of aromatic nitrogens is 1. The van der Waals surface area contributed by atoms with Crippen LogP contribution in [0.1, 0.15) is 20.3 Å². The summed E-state index contributed by atoms with van der Waals surface area (Å²) in [5.41, 5.74) is 0.914. The molecule has 0 spiro atoms. The van der Waals surface area contributed by atoms with Crippen LogP contribution in [0.3, 0.4) is 0 Å². The zero-order valence-electron chi connectivity index (χ0n) is 10.4. The lowest BCUT2D eigenvalue weighted by Crippen LogP contribution is -2.00. The van der Waals surface area contributed by atoms with Crippen molar-refractivity contribution in [1.82, 2.24) is 4.57 Å². The van der Waals surface area contributed by atoms with E-state index in [4.69, 9.17) is 10.7 Å². The van der Waals surface area contributed by atoms with Crippen LogP contribution in [-0.2, 0) is 15.6 Å². The fourth-order valence-corrected chi connectivity index (χ4v) is 3.05. The van der Waals surface area contributed by atoms with Gasteiger partial charge in [-0.2, -0.15) is 0 Å². The highest BCUT2D eigenvalue weighted by atomic mass is 35.7. The van der Waals surface area contributed by atoms with Crippen LogP contribution in [0.25, 0.3) is 10.9 Å². The number of fused-ring (bicyclic) bond motifs is 1. The lowest BCUT2D eigenvalue weighted by Gasteiger charge is -2.07. The summed E-state index contributed by atoms with van der Waals surface area (Å²) in [5.74, 6) is 0.572. The maximum absolute atomic E-state index is 11.6. The fraction of sp³-hybridized carbons (Fsp3) is 0.385. The topological polar surface area (TPSA) is 39.1 Å². The van der Waals surface area contributed by atoms with Gasteiger partial charge in [0, 0.05) is 34.3 Å². The Bertz CT molecular complexity index is 659. The van der Waals surface area contributed by atoms with Crippen LogP contribution in [0.5, 0.6) is 0 Å². The molecule has 0 aliphatic heterocycles. The first-order valence-corrected chi connectivity index (χ1v) is 8.23. The molecule has 5 heteroatoms. The maximum atomic E-state index is 11.6. The average molecular weight is 286 g/mol. The molecule has 2 aromatic rings. The predicted molar refractivity (Wildman–Crippen MR) is 74.4 cm³/mol. The van der Waals surface area contributed by atoms with E-state index in [2.05, 4.69) is 13.8 Å². The quantitative estimate of drug-likeness (QED) is 0.805. The minimum atomic E-state index is -3.70. The second-order valence-corrected chi connectivity index (χ2v) is 7.36. The number of aryl methyl sites for hydroxylation is 1. The Labute approximate surface area is 112 Å². The Morgan fingerprint density at radius 2 is 1.94 bits per heavy atom. The van der Waals surface area contributed by atoms with Crippen LogP contribution >= 0.6 is 10.7 Å². The minimum absolute atomic E-state index is 0.198. The van der Waals surface area contributed by atoms with Crippen molar-refractivity contribution in [2.75, 3.05) is 0 Å². The molecule has 18 heavy (non-hydrogen) atoms. The van der Waals surface area contributed by atoms with Gasteiger partial charge in [0.15, 0.2) is 0 Å². The van der Waals surface area contributed by atoms with Crippen LogP contribution in [0.2, 0.25) is 0 Å². The molecule has 0 unspecified atom stereocenters. The molecule has 1 aromatic heterocycles. The molecule has 0 radical (unpaired) electrons. The number of para-hydroxylation sites is 1. The van der Waals surface area contributed by atoms with Crippen molar-refractivity contribution in [2.45, 2.75) is 31.7 Å². The zero-order valence-corrected chi connectivity index (χ0v) is 12.0. The fourth-order valence-electron chi connectivity index (χ4n) is 1.99. The maximum Gasteiger partial charge on any atom is 0.263 e. The SMILES string of the molecule is CC(C)CCn1cc(S(=O)(=O)Cl)c2ccccc21. The summed E-state index contributed by atoms with van der Waals surface area (Å²) in [6.07, 6.45) is 2.63. The lowest BCUT2D eigenvalue weighted by molar-refractivity contribution is 0.523. The lowest BCUT2D eigenvalue weighted by atomic mass is 10.1. The van der Waals surface area contributed by atoms with Crippen molar-refractivity contribution < 1.29 is 8.42 Å². The van der Waals surface area contributed by atoms with Gasteiger partial charge in [0.1, 0.15) is 4.90 Å². The average Bonchev–Trinajstić information content (AvgIpc) is 2.65. The van der Waals surface area contributed by atoms with Gasteiger partial charge in [-0.15, -0.1) is 0 Å². The van der Waals surface area contributed by atoms with Gasteiger partial charge in [0.05, 0.1) is 0 Å². The van der Waals surface area contributed by atoms with Crippen molar-refractivity contribution in [3.05, 3.63) is 30.5 Å². The summed E-state index contributed by atoms with van der Waals surface area (Å²) in [6.45, 7) is 5.08. The van der Waals surface area contributed by atoms with Crippen LogP contribution < -0.4 is 0 Å². The van der Waals surface area contributed by atoms with Crippen molar-refractivity contribution in [3.8, 4) is 0 Å². The summed E-state index contributed by atoms with van der Waals surface area (Å²) in [6, 6.07) is 7.43. The summed E-state index contributed by atoms with van der Waals surface area (Å²) < 4.78 is 25.1. The van der Waals surface area contributed by atoms with E-state index in [9.17, 15) is 8.42 Å². The van der Waals surface area contributed by atoms with Crippen molar-refractivity contribution in [1.29, 1.82) is 0 Å². The number of hydrogen-bond donors (Lipinski definition) is 0. The van der Waals surface area contributed by atoms with Crippen molar-refractivity contribution in [2.24, 2.45) is 5.92 Å². The number of halogens is 1. The van der Waals surface area contributed by atoms with E-state index in [0.29, 0.717) is 11.3 Å². The molecular weight excluding hydrogens is 270 g/mol. The van der Waals surface area contributed by atoms with E-state index in [0.717, 1.165) is 18.5 Å². The molecule has 0 saturated heterocycles. The second kappa shape index (κ2) is 4.94. The highest BCUT2D eigenvalue weighted by molar-refractivity contribution is 8.14. The summed E-state index contributed by atoms with van der Waals surface area (Å²) in [4.78, 5) is 0.198. The third-order valence-corrected chi connectivity index (χ3v) is 4.31. The van der Waals surface area contributed by atoms with Gasteiger partial charge in [-0.1, -0.05) is 32.0 Å². The van der Waals surface area contributed by atoms with Crippen LogP contribution in [0, 0.1) is 5.92 Å². The monoisotopic (exact) mass is 285 g/mol. The number of hydrogen-bond acceptors (Lipinski definition) is 2. The Morgan fingerprint density at radius 3 is 2.56 bits per heavy atom. The normalized spacial score (nSPS) is 12.4. The number of nitrogens with zero attached hydrogens (tertiary/aromatic N) is 1. The van der Waals surface area contributed by atoms with Crippen LogP contribution in [0.4, 0.5) is 0 Å². The summed E-state index contributed by atoms with van der Waals surface area (Å²) in [7, 11) is 1.78.